The van der Waals surface area contributed by atoms with Crippen LogP contribution in [-0.2, 0) is 9.53 Å². The molecule has 4 heteroatoms. The summed E-state index contributed by atoms with van der Waals surface area (Å²) in [6.45, 7) is 6.84. The van der Waals surface area contributed by atoms with Crippen LogP contribution < -0.4 is 5.32 Å². The zero-order valence-electron chi connectivity index (χ0n) is 12.3. The van der Waals surface area contributed by atoms with Gasteiger partial charge in [0, 0.05) is 23.2 Å². The van der Waals surface area contributed by atoms with Gasteiger partial charge in [-0.25, -0.2) is 0 Å². The second kappa shape index (κ2) is 6.72. The number of carbonyl (C=O) groups is 1. The Morgan fingerprint density at radius 2 is 1.95 bits per heavy atom. The van der Waals surface area contributed by atoms with Crippen molar-refractivity contribution in [3.63, 3.8) is 0 Å². The second-order valence-corrected chi connectivity index (χ2v) is 6.38. The van der Waals surface area contributed by atoms with Crippen molar-refractivity contribution in [2.24, 2.45) is 5.92 Å². The van der Waals surface area contributed by atoms with Crippen LogP contribution in [0.2, 0.25) is 0 Å². The number of hydrogen-bond donors (Lipinski definition) is 1. The predicted octanol–water partition coefficient (Wildman–Crippen LogP) is 4.21. The molecule has 0 aromatic heterocycles. The Kier molecular flexibility index (Phi) is 5.22. The van der Waals surface area contributed by atoms with E-state index in [0.29, 0.717) is 18.4 Å². The zero-order chi connectivity index (χ0) is 14.7. The highest BCUT2D eigenvalue weighted by atomic mass is 79.9. The fourth-order valence-corrected chi connectivity index (χ4v) is 2.93. The van der Waals surface area contributed by atoms with Crippen LogP contribution in [0.1, 0.15) is 37.3 Å². The molecule has 1 aromatic rings. The molecule has 1 aliphatic carbocycles. The summed E-state index contributed by atoms with van der Waals surface area (Å²) in [5.74, 6) is 0.579. The number of anilines is 1. The number of nitrogens with one attached hydrogen (secondary N) is 1. The summed E-state index contributed by atoms with van der Waals surface area (Å²) in [5.41, 5.74) is 3.16. The third-order valence-electron chi connectivity index (χ3n) is 3.79. The molecule has 1 amide bonds. The third kappa shape index (κ3) is 3.83. The van der Waals surface area contributed by atoms with Gasteiger partial charge in [0.15, 0.2) is 0 Å². The highest BCUT2D eigenvalue weighted by molar-refractivity contribution is 9.10. The van der Waals surface area contributed by atoms with E-state index >= 15 is 0 Å². The van der Waals surface area contributed by atoms with Crippen molar-refractivity contribution in [1.82, 2.24) is 0 Å². The van der Waals surface area contributed by atoms with Gasteiger partial charge in [0.1, 0.15) is 0 Å². The van der Waals surface area contributed by atoms with Crippen molar-refractivity contribution in [2.45, 2.75) is 46.1 Å². The fourth-order valence-electron chi connectivity index (χ4n) is 2.71. The average molecular weight is 340 g/mol. The number of rotatable bonds is 5. The lowest BCUT2D eigenvalue weighted by Crippen LogP contribution is -2.33. The molecule has 0 saturated heterocycles. The molecule has 0 unspecified atom stereocenters. The third-order valence-corrected chi connectivity index (χ3v) is 5.04. The van der Waals surface area contributed by atoms with Crippen LogP contribution in [0.3, 0.4) is 0 Å². The summed E-state index contributed by atoms with van der Waals surface area (Å²) >= 11 is 3.53. The summed E-state index contributed by atoms with van der Waals surface area (Å²) in [7, 11) is 0. The maximum Gasteiger partial charge on any atom is 0.224 e. The summed E-state index contributed by atoms with van der Waals surface area (Å²) in [6.07, 6.45) is 2.99. The van der Waals surface area contributed by atoms with Crippen LogP contribution in [0.25, 0.3) is 0 Å². The van der Waals surface area contributed by atoms with Gasteiger partial charge in [-0.05, 0) is 62.8 Å². The Balaban J connectivity index is 1.84. The molecule has 2 rings (SSSR count). The van der Waals surface area contributed by atoms with E-state index in [2.05, 4.69) is 21.2 Å². The quantitative estimate of drug-likeness (QED) is 0.872. The van der Waals surface area contributed by atoms with Gasteiger partial charge in [0.25, 0.3) is 0 Å². The molecular formula is C16H22BrNO2. The molecular weight excluding hydrogens is 318 g/mol. The first-order chi connectivity index (χ1) is 9.49. The topological polar surface area (TPSA) is 38.3 Å². The van der Waals surface area contributed by atoms with Gasteiger partial charge in [0.2, 0.25) is 5.91 Å². The number of aryl methyl sites for hydroxylation is 2. The highest BCUT2D eigenvalue weighted by Crippen LogP contribution is 2.33. The van der Waals surface area contributed by atoms with E-state index in [9.17, 15) is 4.79 Å². The monoisotopic (exact) mass is 339 g/mol. The van der Waals surface area contributed by atoms with Crippen molar-refractivity contribution in [2.75, 3.05) is 11.9 Å². The van der Waals surface area contributed by atoms with Crippen LogP contribution in [0.4, 0.5) is 5.69 Å². The lowest BCUT2D eigenvalue weighted by Gasteiger charge is -2.34. The van der Waals surface area contributed by atoms with Gasteiger partial charge in [-0.15, -0.1) is 0 Å². The van der Waals surface area contributed by atoms with E-state index in [4.69, 9.17) is 4.74 Å². The normalized spacial score (nSPS) is 21.4. The van der Waals surface area contributed by atoms with Crippen molar-refractivity contribution in [1.29, 1.82) is 0 Å². The summed E-state index contributed by atoms with van der Waals surface area (Å²) in [4.78, 5) is 12.0. The fraction of sp³-hybridized carbons (Fsp3) is 0.562. The number of amides is 1. The standard InChI is InChI=1S/C16H22BrNO2/c1-4-20-14-7-12(8-14)9-15(19)18-13-5-10(2)16(17)11(3)6-13/h5-6,12,14H,4,7-9H2,1-3H3,(H,18,19). The van der Waals surface area contributed by atoms with Gasteiger partial charge >= 0.3 is 0 Å². The van der Waals surface area contributed by atoms with Gasteiger partial charge in [-0.3, -0.25) is 4.79 Å². The van der Waals surface area contributed by atoms with Crippen molar-refractivity contribution >= 4 is 27.5 Å². The minimum absolute atomic E-state index is 0.103. The summed E-state index contributed by atoms with van der Waals surface area (Å²) < 4.78 is 6.62. The largest absolute Gasteiger partial charge is 0.378 e. The molecule has 1 saturated carbocycles. The number of hydrogen-bond acceptors (Lipinski definition) is 2. The van der Waals surface area contributed by atoms with Crippen LogP contribution >= 0.6 is 15.9 Å². The predicted molar refractivity (Wildman–Crippen MR) is 85.0 cm³/mol. The number of ether oxygens (including phenoxy) is 1. The molecule has 3 nitrogen and oxygen atoms in total. The second-order valence-electron chi connectivity index (χ2n) is 5.59. The highest BCUT2D eigenvalue weighted by Gasteiger charge is 2.31. The van der Waals surface area contributed by atoms with Gasteiger partial charge in [-0.1, -0.05) is 15.9 Å². The Labute approximate surface area is 129 Å². The molecule has 1 fully saturated rings. The van der Waals surface area contributed by atoms with Crippen LogP contribution in [0.15, 0.2) is 16.6 Å². The molecule has 0 bridgehead atoms. The molecule has 20 heavy (non-hydrogen) atoms. The Bertz CT molecular complexity index is 472. The summed E-state index contributed by atoms with van der Waals surface area (Å²) in [5, 5.41) is 3.00. The zero-order valence-corrected chi connectivity index (χ0v) is 13.9. The molecule has 0 aliphatic heterocycles. The minimum Gasteiger partial charge on any atom is -0.378 e. The van der Waals surface area contributed by atoms with E-state index in [0.717, 1.165) is 40.7 Å². The molecule has 1 aliphatic rings. The summed E-state index contributed by atoms with van der Waals surface area (Å²) in [6, 6.07) is 4.00. The molecule has 110 valence electrons. The number of carbonyl (C=O) groups excluding carboxylic acids is 1. The molecule has 1 aromatic carbocycles. The molecule has 0 radical (unpaired) electrons. The van der Waals surface area contributed by atoms with Gasteiger partial charge in [0.05, 0.1) is 6.10 Å². The first-order valence-corrected chi connectivity index (χ1v) is 7.97. The lowest BCUT2D eigenvalue weighted by molar-refractivity contribution is -0.119. The molecule has 0 heterocycles. The Hall–Kier alpha value is -0.870. The first-order valence-electron chi connectivity index (χ1n) is 7.17. The first kappa shape index (κ1) is 15.5. The minimum atomic E-state index is 0.103. The van der Waals surface area contributed by atoms with E-state index in [-0.39, 0.29) is 5.91 Å². The Morgan fingerprint density at radius 1 is 1.35 bits per heavy atom. The van der Waals surface area contributed by atoms with Crippen LogP contribution in [0.5, 0.6) is 0 Å². The number of halogens is 1. The van der Waals surface area contributed by atoms with Crippen molar-refractivity contribution < 1.29 is 9.53 Å². The van der Waals surface area contributed by atoms with E-state index < -0.39 is 0 Å². The van der Waals surface area contributed by atoms with Crippen LogP contribution in [-0.4, -0.2) is 18.6 Å². The molecule has 0 spiro atoms. The SMILES string of the molecule is CCOC1CC(CC(=O)Nc2cc(C)c(Br)c(C)c2)C1. The van der Waals surface area contributed by atoms with Crippen LogP contribution in [0, 0.1) is 19.8 Å². The average Bonchev–Trinajstić information content (AvgIpc) is 2.33. The van der Waals surface area contributed by atoms with E-state index in [1.165, 1.54) is 0 Å². The molecule has 1 N–H and O–H groups in total. The van der Waals surface area contributed by atoms with E-state index in [1.807, 2.05) is 32.9 Å². The van der Waals surface area contributed by atoms with Crippen molar-refractivity contribution in [3.05, 3.63) is 27.7 Å². The van der Waals surface area contributed by atoms with E-state index in [1.54, 1.807) is 0 Å². The maximum atomic E-state index is 12.0. The maximum absolute atomic E-state index is 12.0. The van der Waals surface area contributed by atoms with Crippen molar-refractivity contribution in [3.8, 4) is 0 Å². The number of benzene rings is 1. The lowest BCUT2D eigenvalue weighted by atomic mass is 9.80. The Morgan fingerprint density at radius 3 is 2.50 bits per heavy atom. The smallest absolute Gasteiger partial charge is 0.224 e. The van der Waals surface area contributed by atoms with Gasteiger partial charge < -0.3 is 10.1 Å². The molecule has 0 atom stereocenters. The van der Waals surface area contributed by atoms with Gasteiger partial charge in [-0.2, -0.15) is 0 Å².